The fourth-order valence-corrected chi connectivity index (χ4v) is 1.86. The molecule has 0 unspecified atom stereocenters. The Kier molecular flexibility index (Phi) is 4.59. The summed E-state index contributed by atoms with van der Waals surface area (Å²) in [6, 6.07) is 15.5. The smallest absolute Gasteiger partial charge is 0.121 e. The minimum atomic E-state index is 0.480. The first-order valence-electron chi connectivity index (χ1n) is 6.43. The number of nitrogens with one attached hydrogen (secondary N) is 1. The fraction of sp³-hybridized carbons (Fsp3) is 0.188. The van der Waals surface area contributed by atoms with Crippen molar-refractivity contribution in [2.75, 3.05) is 18.5 Å². The number of rotatable bonds is 5. The van der Waals surface area contributed by atoms with Gasteiger partial charge in [0, 0.05) is 18.3 Å². The quantitative estimate of drug-likeness (QED) is 0.873. The SMILES string of the molecule is Cc1ccc(Nc2cccc(OCCN)c2)c(C#N)c1. The molecule has 0 aromatic heterocycles. The lowest BCUT2D eigenvalue weighted by molar-refractivity contribution is 0.328. The van der Waals surface area contributed by atoms with Gasteiger partial charge in [0.2, 0.25) is 0 Å². The summed E-state index contributed by atoms with van der Waals surface area (Å²) < 4.78 is 5.48. The van der Waals surface area contributed by atoms with Gasteiger partial charge in [-0.1, -0.05) is 12.1 Å². The normalized spacial score (nSPS) is 9.85. The van der Waals surface area contributed by atoms with Gasteiger partial charge in [-0.05, 0) is 36.8 Å². The maximum Gasteiger partial charge on any atom is 0.121 e. The number of aryl methyl sites for hydroxylation is 1. The Morgan fingerprint density at radius 3 is 2.85 bits per heavy atom. The molecular weight excluding hydrogens is 250 g/mol. The lowest BCUT2D eigenvalue weighted by Gasteiger charge is -2.11. The molecule has 20 heavy (non-hydrogen) atoms. The molecular formula is C16H17N3O. The summed E-state index contributed by atoms with van der Waals surface area (Å²) >= 11 is 0. The van der Waals surface area contributed by atoms with Crippen molar-refractivity contribution in [3.05, 3.63) is 53.6 Å². The molecule has 0 aliphatic rings. The van der Waals surface area contributed by atoms with Crippen LogP contribution in [0.3, 0.4) is 0 Å². The molecule has 2 aromatic carbocycles. The van der Waals surface area contributed by atoms with E-state index in [4.69, 9.17) is 15.7 Å². The average Bonchev–Trinajstić information content (AvgIpc) is 2.47. The number of nitrogens with zero attached hydrogens (tertiary/aromatic N) is 1. The molecule has 0 amide bonds. The molecule has 4 heteroatoms. The molecule has 0 aliphatic heterocycles. The summed E-state index contributed by atoms with van der Waals surface area (Å²) in [6.07, 6.45) is 0. The molecule has 4 nitrogen and oxygen atoms in total. The second-order valence-corrected chi connectivity index (χ2v) is 4.45. The number of nitriles is 1. The average molecular weight is 267 g/mol. The Morgan fingerprint density at radius 2 is 2.10 bits per heavy atom. The molecule has 0 saturated carbocycles. The molecule has 3 N–H and O–H groups in total. The van der Waals surface area contributed by atoms with Gasteiger partial charge in [-0.15, -0.1) is 0 Å². The summed E-state index contributed by atoms with van der Waals surface area (Å²) in [5, 5.41) is 12.4. The highest BCUT2D eigenvalue weighted by atomic mass is 16.5. The number of anilines is 2. The Morgan fingerprint density at radius 1 is 1.25 bits per heavy atom. The zero-order chi connectivity index (χ0) is 14.4. The highest BCUT2D eigenvalue weighted by molar-refractivity contribution is 5.67. The van der Waals surface area contributed by atoms with E-state index >= 15 is 0 Å². The van der Waals surface area contributed by atoms with Crippen molar-refractivity contribution in [2.45, 2.75) is 6.92 Å². The van der Waals surface area contributed by atoms with Gasteiger partial charge in [-0.25, -0.2) is 0 Å². The second-order valence-electron chi connectivity index (χ2n) is 4.45. The van der Waals surface area contributed by atoms with Crippen LogP contribution in [0.15, 0.2) is 42.5 Å². The molecule has 2 aromatic rings. The van der Waals surface area contributed by atoms with Crippen molar-refractivity contribution in [1.82, 2.24) is 0 Å². The zero-order valence-electron chi connectivity index (χ0n) is 11.4. The highest BCUT2D eigenvalue weighted by Crippen LogP contribution is 2.24. The monoisotopic (exact) mass is 267 g/mol. The minimum absolute atomic E-state index is 0.480. The molecule has 0 saturated heterocycles. The van der Waals surface area contributed by atoms with Crippen molar-refractivity contribution in [2.24, 2.45) is 5.73 Å². The van der Waals surface area contributed by atoms with Crippen molar-refractivity contribution in [1.29, 1.82) is 5.26 Å². The van der Waals surface area contributed by atoms with E-state index in [2.05, 4.69) is 11.4 Å². The van der Waals surface area contributed by atoms with E-state index in [1.807, 2.05) is 49.4 Å². The number of ether oxygens (including phenoxy) is 1. The van der Waals surface area contributed by atoms with Gasteiger partial charge in [0.1, 0.15) is 18.4 Å². The predicted molar refractivity (Wildman–Crippen MR) is 80.2 cm³/mol. The Labute approximate surface area is 118 Å². The first-order chi connectivity index (χ1) is 9.72. The second kappa shape index (κ2) is 6.60. The molecule has 0 aliphatic carbocycles. The minimum Gasteiger partial charge on any atom is -0.492 e. The Balaban J connectivity index is 2.20. The van der Waals surface area contributed by atoms with Crippen LogP contribution < -0.4 is 15.8 Å². The summed E-state index contributed by atoms with van der Waals surface area (Å²) in [4.78, 5) is 0. The molecule has 0 spiro atoms. The fourth-order valence-electron chi connectivity index (χ4n) is 1.86. The van der Waals surface area contributed by atoms with E-state index in [1.54, 1.807) is 0 Å². The van der Waals surface area contributed by atoms with Gasteiger partial charge in [-0.2, -0.15) is 5.26 Å². The van der Waals surface area contributed by atoms with E-state index < -0.39 is 0 Å². The molecule has 2 rings (SSSR count). The number of nitrogens with two attached hydrogens (primary N) is 1. The van der Waals surface area contributed by atoms with E-state index in [-0.39, 0.29) is 0 Å². The van der Waals surface area contributed by atoms with Crippen LogP contribution in [0, 0.1) is 18.3 Å². The van der Waals surface area contributed by atoms with Crippen LogP contribution in [0.1, 0.15) is 11.1 Å². The van der Waals surface area contributed by atoms with Crippen LogP contribution in [-0.2, 0) is 0 Å². The third-order valence-electron chi connectivity index (χ3n) is 2.80. The standard InChI is InChI=1S/C16H17N3O/c1-12-5-6-16(13(9-12)11-18)19-14-3-2-4-15(10-14)20-8-7-17/h2-6,9-10,19H,7-8,17H2,1H3. The molecule has 0 fully saturated rings. The van der Waals surface area contributed by atoms with Crippen LogP contribution >= 0.6 is 0 Å². The van der Waals surface area contributed by atoms with Crippen LogP contribution in [0.5, 0.6) is 5.75 Å². The number of hydrogen-bond acceptors (Lipinski definition) is 4. The highest BCUT2D eigenvalue weighted by Gasteiger charge is 2.03. The van der Waals surface area contributed by atoms with Gasteiger partial charge in [0.05, 0.1) is 11.3 Å². The van der Waals surface area contributed by atoms with Crippen molar-refractivity contribution >= 4 is 11.4 Å². The van der Waals surface area contributed by atoms with Crippen LogP contribution in [-0.4, -0.2) is 13.2 Å². The maximum atomic E-state index is 9.16. The Bertz CT molecular complexity index is 632. The lowest BCUT2D eigenvalue weighted by atomic mass is 10.1. The van der Waals surface area contributed by atoms with Crippen molar-refractivity contribution < 1.29 is 4.74 Å². The summed E-state index contributed by atoms with van der Waals surface area (Å²) in [6.45, 7) is 2.93. The van der Waals surface area contributed by atoms with Gasteiger partial charge >= 0.3 is 0 Å². The van der Waals surface area contributed by atoms with E-state index in [1.165, 1.54) is 0 Å². The zero-order valence-corrected chi connectivity index (χ0v) is 11.4. The molecule has 102 valence electrons. The van der Waals surface area contributed by atoms with Crippen LogP contribution in [0.25, 0.3) is 0 Å². The van der Waals surface area contributed by atoms with E-state index in [0.717, 1.165) is 22.7 Å². The van der Waals surface area contributed by atoms with E-state index in [0.29, 0.717) is 18.7 Å². The lowest BCUT2D eigenvalue weighted by Crippen LogP contribution is -2.10. The first-order valence-corrected chi connectivity index (χ1v) is 6.43. The molecule has 0 heterocycles. The number of benzene rings is 2. The van der Waals surface area contributed by atoms with Crippen molar-refractivity contribution in [3.8, 4) is 11.8 Å². The molecule has 0 radical (unpaired) electrons. The van der Waals surface area contributed by atoms with Gasteiger partial charge in [0.25, 0.3) is 0 Å². The summed E-state index contributed by atoms with van der Waals surface area (Å²) in [5.41, 5.74) is 8.76. The number of hydrogen-bond donors (Lipinski definition) is 2. The van der Waals surface area contributed by atoms with Gasteiger partial charge in [-0.3, -0.25) is 0 Å². The van der Waals surface area contributed by atoms with Crippen LogP contribution in [0.2, 0.25) is 0 Å². The predicted octanol–water partition coefficient (Wildman–Crippen LogP) is 2.95. The summed E-state index contributed by atoms with van der Waals surface area (Å²) in [7, 11) is 0. The van der Waals surface area contributed by atoms with Gasteiger partial charge < -0.3 is 15.8 Å². The third kappa shape index (κ3) is 3.50. The first kappa shape index (κ1) is 13.9. The summed E-state index contributed by atoms with van der Waals surface area (Å²) in [5.74, 6) is 0.756. The molecule has 0 bridgehead atoms. The van der Waals surface area contributed by atoms with Gasteiger partial charge in [0.15, 0.2) is 0 Å². The maximum absolute atomic E-state index is 9.16. The third-order valence-corrected chi connectivity index (χ3v) is 2.80. The van der Waals surface area contributed by atoms with E-state index in [9.17, 15) is 0 Å². The Hall–Kier alpha value is -2.51. The van der Waals surface area contributed by atoms with Crippen molar-refractivity contribution in [3.63, 3.8) is 0 Å². The largest absolute Gasteiger partial charge is 0.492 e. The topological polar surface area (TPSA) is 71.1 Å². The molecule has 0 atom stereocenters. The van der Waals surface area contributed by atoms with Crippen LogP contribution in [0.4, 0.5) is 11.4 Å².